The Balaban J connectivity index is 0.00000220. The molecule has 0 aliphatic carbocycles. The van der Waals surface area contributed by atoms with E-state index >= 15 is 0 Å². The normalized spacial score (nSPS) is 11.5. The second kappa shape index (κ2) is 11.1. The van der Waals surface area contributed by atoms with E-state index < -0.39 is 0 Å². The smallest absolute Gasteiger partial charge is 0.0691 e. The van der Waals surface area contributed by atoms with E-state index in [0.717, 1.165) is 17.1 Å². The predicted octanol–water partition coefficient (Wildman–Crippen LogP) is 4.79. The van der Waals surface area contributed by atoms with Gasteiger partial charge in [0.15, 0.2) is 0 Å². The zero-order chi connectivity index (χ0) is 14.5. The Bertz CT molecular complexity index is 642. The Morgan fingerprint density at radius 1 is 0.818 bits per heavy atom. The fraction of sp³-hybridized carbons (Fsp3) is 0.222. The molecule has 0 fully saturated rings. The Morgan fingerprint density at radius 3 is 1.86 bits per heavy atom. The third kappa shape index (κ3) is 6.55. The van der Waals surface area contributed by atoms with Gasteiger partial charge in [0.25, 0.3) is 0 Å². The molecule has 0 saturated carbocycles. The molecular weight excluding hydrogens is 526 g/mol. The first-order chi connectivity index (χ1) is 9.58. The van der Waals surface area contributed by atoms with E-state index in [0.29, 0.717) is 5.69 Å². The van der Waals surface area contributed by atoms with Crippen molar-refractivity contribution in [2.75, 3.05) is 0 Å². The zero-order valence-electron chi connectivity index (χ0n) is 13.5. The quantitative estimate of drug-likeness (QED) is 0.393. The molecule has 0 aliphatic heterocycles. The summed E-state index contributed by atoms with van der Waals surface area (Å²) < 4.78 is 0. The summed E-state index contributed by atoms with van der Waals surface area (Å²) in [5.74, 6) is 0. The molecule has 0 aliphatic rings. The van der Waals surface area contributed by atoms with Crippen molar-refractivity contribution in [1.29, 1.82) is 0 Å². The van der Waals surface area contributed by atoms with Crippen molar-refractivity contribution in [2.24, 2.45) is 9.98 Å². The van der Waals surface area contributed by atoms with Gasteiger partial charge in [0.2, 0.25) is 0 Å². The van der Waals surface area contributed by atoms with Gasteiger partial charge in [0.1, 0.15) is 0 Å². The maximum Gasteiger partial charge on any atom is 0.0691 e. The van der Waals surface area contributed by atoms with Crippen LogP contribution < -0.4 is 0 Å². The first-order valence-electron chi connectivity index (χ1n) is 6.63. The van der Waals surface area contributed by atoms with E-state index in [1.54, 1.807) is 0 Å². The topological polar surface area (TPSA) is 24.7 Å². The summed E-state index contributed by atoms with van der Waals surface area (Å²) in [6.45, 7) is 8.09. The molecule has 0 saturated heterocycles. The van der Waals surface area contributed by atoms with Gasteiger partial charge in [-0.05, 0) is 38.8 Å². The maximum absolute atomic E-state index is 4.71. The molecular formula is C18H18N2Pr2-2. The number of aliphatic imine (C=N–C) groups is 2. The summed E-state index contributed by atoms with van der Waals surface area (Å²) in [6, 6.07) is 17.8. The first kappa shape index (κ1) is 22.5. The van der Waals surface area contributed by atoms with Gasteiger partial charge >= 0.3 is 0 Å². The Hall–Kier alpha value is 0.507. The minimum Gasteiger partial charge on any atom is -0.333 e. The summed E-state index contributed by atoms with van der Waals surface area (Å²) in [5.41, 5.74) is 5.88. The van der Waals surface area contributed by atoms with Crippen LogP contribution in [0.4, 0.5) is 11.4 Å². The number of hydrogen-bond donors (Lipinski definition) is 0. The average molecular weight is 544 g/mol. The van der Waals surface area contributed by atoms with Crippen LogP contribution in [0.25, 0.3) is 0 Å². The van der Waals surface area contributed by atoms with Gasteiger partial charge in [0, 0.05) is 82.6 Å². The molecule has 0 atom stereocenters. The van der Waals surface area contributed by atoms with E-state index in [1.807, 2.05) is 38.1 Å². The molecule has 2 radical (unpaired) electrons. The molecule has 0 N–H and O–H groups in total. The first-order valence-corrected chi connectivity index (χ1v) is 6.63. The molecule has 0 heterocycles. The molecule has 0 amide bonds. The van der Waals surface area contributed by atoms with E-state index in [9.17, 15) is 0 Å². The van der Waals surface area contributed by atoms with Gasteiger partial charge in [-0.3, -0.25) is 23.2 Å². The molecule has 0 bridgehead atoms. The van der Waals surface area contributed by atoms with Crippen LogP contribution in [0, 0.1) is 109 Å². The van der Waals surface area contributed by atoms with Crippen LogP contribution in [0.3, 0.4) is 0 Å². The van der Waals surface area contributed by atoms with Crippen molar-refractivity contribution in [3.63, 3.8) is 0 Å². The van der Waals surface area contributed by atoms with Crippen LogP contribution in [-0.4, -0.2) is 11.4 Å². The zero-order valence-corrected chi connectivity index (χ0v) is 20.9. The van der Waals surface area contributed by atoms with Crippen molar-refractivity contribution in [3.8, 4) is 0 Å². The summed E-state index contributed by atoms with van der Waals surface area (Å²) in [5, 5.41) is 0. The minimum atomic E-state index is 0. The largest absolute Gasteiger partial charge is 0.333 e. The molecule has 2 nitrogen and oxygen atoms in total. The maximum atomic E-state index is 4.71. The molecule has 2 aromatic carbocycles. The second-order valence-electron chi connectivity index (χ2n) is 4.80. The number of nitrogens with zero attached hydrogens (tertiary/aromatic N) is 2. The number of aryl methyl sites for hydroxylation is 2. The van der Waals surface area contributed by atoms with Crippen molar-refractivity contribution >= 4 is 22.8 Å². The molecule has 0 unspecified atom stereocenters. The Labute approximate surface area is 199 Å². The van der Waals surface area contributed by atoms with Crippen molar-refractivity contribution in [1.82, 2.24) is 0 Å². The Kier molecular flexibility index (Phi) is 11.4. The number of para-hydroxylation sites is 2. The van der Waals surface area contributed by atoms with E-state index in [4.69, 9.17) is 4.99 Å². The van der Waals surface area contributed by atoms with Crippen LogP contribution in [0.2, 0.25) is 0 Å². The second-order valence-corrected chi connectivity index (χ2v) is 4.80. The van der Waals surface area contributed by atoms with Gasteiger partial charge in [-0.25, -0.2) is 0 Å². The van der Waals surface area contributed by atoms with Crippen LogP contribution >= 0.6 is 0 Å². The number of hydrogen-bond acceptors (Lipinski definition) is 2. The van der Waals surface area contributed by atoms with Crippen LogP contribution in [0.5, 0.6) is 0 Å². The molecule has 108 valence electrons. The van der Waals surface area contributed by atoms with E-state index in [-0.39, 0.29) is 82.6 Å². The van der Waals surface area contributed by atoms with Gasteiger partial charge < -0.3 is 17.1 Å². The van der Waals surface area contributed by atoms with Gasteiger partial charge in [-0.15, -0.1) is 0 Å². The third-order valence-corrected chi connectivity index (χ3v) is 3.15. The molecule has 2 aromatic rings. The molecule has 22 heavy (non-hydrogen) atoms. The van der Waals surface area contributed by atoms with Crippen molar-refractivity contribution in [2.45, 2.75) is 27.7 Å². The fourth-order valence-corrected chi connectivity index (χ4v) is 1.89. The van der Waals surface area contributed by atoms with Crippen molar-refractivity contribution < 1.29 is 82.6 Å². The minimum absolute atomic E-state index is 0. The summed E-state index contributed by atoms with van der Waals surface area (Å²) in [6.07, 6.45) is 0. The van der Waals surface area contributed by atoms with Crippen LogP contribution in [0.1, 0.15) is 25.0 Å². The van der Waals surface area contributed by atoms with E-state index in [2.05, 4.69) is 43.1 Å². The Morgan fingerprint density at radius 2 is 1.32 bits per heavy atom. The standard InChI is InChI=1S/C18H18N2.2Pr/c1-13-9-8-10-14(2)18(13)20-16(4)15(3)19-17-11-6-5-7-12-17;;/h5-10H,1-4H3;;/q-2;;. The van der Waals surface area contributed by atoms with Crippen LogP contribution in [-0.2, 0) is 0 Å². The van der Waals surface area contributed by atoms with Gasteiger partial charge in [-0.2, -0.15) is 5.69 Å². The predicted molar refractivity (Wildman–Crippen MR) is 85.6 cm³/mol. The molecule has 2 rings (SSSR count). The number of benzene rings is 2. The van der Waals surface area contributed by atoms with Crippen LogP contribution in [0.15, 0.2) is 46.4 Å². The van der Waals surface area contributed by atoms with Gasteiger partial charge in [-0.1, -0.05) is 18.2 Å². The third-order valence-electron chi connectivity index (χ3n) is 3.15. The SMILES string of the molecule is CC(=Nc1[c-]ccc[c-]1)C(C)=Nc1c(C)cccc1C.[Pr].[Pr]. The number of rotatable bonds is 3. The van der Waals surface area contributed by atoms with Crippen molar-refractivity contribution in [3.05, 3.63) is 59.7 Å². The van der Waals surface area contributed by atoms with Gasteiger partial charge in [0.05, 0.1) is 17.1 Å². The van der Waals surface area contributed by atoms with E-state index in [1.165, 1.54) is 11.1 Å². The molecule has 4 heteroatoms. The summed E-state index contributed by atoms with van der Waals surface area (Å²) >= 11 is 0. The summed E-state index contributed by atoms with van der Waals surface area (Å²) in [4.78, 5) is 9.20. The fourth-order valence-electron chi connectivity index (χ4n) is 1.89. The molecule has 0 spiro atoms. The molecule has 0 aromatic heterocycles. The monoisotopic (exact) mass is 544 g/mol. The average Bonchev–Trinajstić information content (AvgIpc) is 2.44. The summed E-state index contributed by atoms with van der Waals surface area (Å²) in [7, 11) is 0.